The van der Waals surface area contributed by atoms with Crippen LogP contribution >= 0.6 is 11.6 Å². The third kappa shape index (κ3) is 3.34. The van der Waals surface area contributed by atoms with E-state index in [1.165, 1.54) is 18.2 Å². The zero-order chi connectivity index (χ0) is 12.5. The molecule has 0 aliphatic carbocycles. The van der Waals surface area contributed by atoms with Crippen molar-refractivity contribution in [1.29, 1.82) is 0 Å². The van der Waals surface area contributed by atoms with Crippen LogP contribution in [0.5, 0.6) is 0 Å². The summed E-state index contributed by atoms with van der Waals surface area (Å²) in [4.78, 5) is 0. The van der Waals surface area contributed by atoms with E-state index in [2.05, 4.69) is 0 Å². The van der Waals surface area contributed by atoms with Gasteiger partial charge in [0.15, 0.2) is 6.10 Å². The molecular weight excluding hydrogens is 257 g/mol. The lowest BCUT2D eigenvalue weighted by atomic mass is 10.1. The van der Waals surface area contributed by atoms with E-state index >= 15 is 0 Å². The molecule has 0 aromatic heterocycles. The Hall–Kier alpha value is -0.780. The second kappa shape index (κ2) is 4.84. The summed E-state index contributed by atoms with van der Waals surface area (Å²) in [6, 6.07) is 5.79. The van der Waals surface area contributed by atoms with Crippen molar-refractivity contribution in [3.8, 4) is 0 Å². The minimum atomic E-state index is -4.49. The lowest BCUT2D eigenvalue weighted by molar-refractivity contribution is -0.224. The summed E-state index contributed by atoms with van der Waals surface area (Å²) in [5.41, 5.74) is -0.0673. The van der Waals surface area contributed by atoms with Crippen molar-refractivity contribution in [2.75, 3.05) is 13.2 Å². The maximum Gasteiger partial charge on any atom is 0.418 e. The molecular formula is C11H10ClF3O2. The van der Waals surface area contributed by atoms with E-state index in [1.54, 1.807) is 6.07 Å². The fraction of sp³-hybridized carbons (Fsp3) is 0.455. The van der Waals surface area contributed by atoms with E-state index in [0.29, 0.717) is 6.61 Å². The van der Waals surface area contributed by atoms with E-state index in [4.69, 9.17) is 21.1 Å². The Morgan fingerprint density at radius 3 is 2.59 bits per heavy atom. The molecule has 0 unspecified atom stereocenters. The highest BCUT2D eigenvalue weighted by Crippen LogP contribution is 2.39. The molecule has 1 aromatic rings. The van der Waals surface area contributed by atoms with E-state index in [9.17, 15) is 13.2 Å². The first kappa shape index (κ1) is 12.7. The van der Waals surface area contributed by atoms with Crippen LogP contribution in [-0.4, -0.2) is 25.5 Å². The molecule has 1 aliphatic rings. The van der Waals surface area contributed by atoms with Crippen molar-refractivity contribution in [2.45, 2.75) is 18.4 Å². The topological polar surface area (TPSA) is 21.8 Å². The monoisotopic (exact) mass is 266 g/mol. The van der Waals surface area contributed by atoms with Gasteiger partial charge in [-0.3, -0.25) is 0 Å². The molecule has 1 aliphatic heterocycles. The zero-order valence-corrected chi connectivity index (χ0v) is 9.46. The summed E-state index contributed by atoms with van der Waals surface area (Å²) in [5, 5.41) is 0.0477. The molecule has 0 saturated carbocycles. The number of hydrogen-bond acceptors (Lipinski definition) is 2. The molecule has 1 aromatic carbocycles. The Kier molecular flexibility index (Phi) is 3.61. The number of epoxide rings is 1. The van der Waals surface area contributed by atoms with Gasteiger partial charge < -0.3 is 9.47 Å². The third-order valence-corrected chi connectivity index (χ3v) is 2.68. The van der Waals surface area contributed by atoms with Crippen LogP contribution in [0.4, 0.5) is 13.2 Å². The molecule has 6 heteroatoms. The number of rotatable bonds is 4. The predicted octanol–water partition coefficient (Wildman–Crippen LogP) is 3.36. The number of alkyl halides is 3. The van der Waals surface area contributed by atoms with Gasteiger partial charge in [-0.1, -0.05) is 29.8 Å². The number of hydrogen-bond donors (Lipinski definition) is 0. The summed E-state index contributed by atoms with van der Waals surface area (Å²) >= 11 is 5.74. The molecule has 0 N–H and O–H groups in total. The van der Waals surface area contributed by atoms with Crippen LogP contribution in [-0.2, 0) is 9.47 Å². The molecule has 0 amide bonds. The Morgan fingerprint density at radius 2 is 2.06 bits per heavy atom. The van der Waals surface area contributed by atoms with E-state index in [0.717, 1.165) is 0 Å². The number of halogens is 4. The van der Waals surface area contributed by atoms with E-state index in [1.807, 2.05) is 0 Å². The normalized spacial score (nSPS) is 21.3. The highest BCUT2D eigenvalue weighted by atomic mass is 35.5. The van der Waals surface area contributed by atoms with Gasteiger partial charge in [0.05, 0.1) is 13.2 Å². The first-order chi connectivity index (χ1) is 7.98. The Bertz CT molecular complexity index is 391. The van der Waals surface area contributed by atoms with Crippen LogP contribution < -0.4 is 0 Å². The van der Waals surface area contributed by atoms with E-state index < -0.39 is 12.3 Å². The smallest absolute Gasteiger partial charge is 0.371 e. The van der Waals surface area contributed by atoms with Gasteiger partial charge in [-0.15, -0.1) is 0 Å². The Balaban J connectivity index is 2.16. The lowest BCUT2D eigenvalue weighted by Gasteiger charge is -2.21. The van der Waals surface area contributed by atoms with Crippen LogP contribution in [0.25, 0.3) is 0 Å². The number of ether oxygens (including phenoxy) is 2. The van der Waals surface area contributed by atoms with Crippen LogP contribution in [0.3, 0.4) is 0 Å². The van der Waals surface area contributed by atoms with Crippen molar-refractivity contribution in [2.24, 2.45) is 0 Å². The van der Waals surface area contributed by atoms with Gasteiger partial charge in [-0.05, 0) is 6.07 Å². The molecule has 17 heavy (non-hydrogen) atoms. The molecule has 0 spiro atoms. The second-order valence-electron chi connectivity index (χ2n) is 3.73. The average Bonchev–Trinajstić information content (AvgIpc) is 3.03. The van der Waals surface area contributed by atoms with Gasteiger partial charge >= 0.3 is 6.18 Å². The first-order valence-corrected chi connectivity index (χ1v) is 5.40. The fourth-order valence-electron chi connectivity index (χ4n) is 1.42. The summed E-state index contributed by atoms with van der Waals surface area (Å²) < 4.78 is 48.2. The van der Waals surface area contributed by atoms with Gasteiger partial charge in [-0.2, -0.15) is 13.2 Å². The summed E-state index contributed by atoms with van der Waals surface area (Å²) in [5.74, 6) is 0. The van der Waals surface area contributed by atoms with Gasteiger partial charge in [0.1, 0.15) is 6.10 Å². The molecule has 0 bridgehead atoms. The first-order valence-electron chi connectivity index (χ1n) is 5.03. The standard InChI is InChI=1S/C11H10ClF3O2/c12-9-4-2-1-3-8(9)10(11(13,14)15)17-6-7-5-16-7/h1-4,7,10H,5-6H2/t7-,10+/m0/s1. The molecule has 1 fully saturated rings. The zero-order valence-electron chi connectivity index (χ0n) is 8.71. The van der Waals surface area contributed by atoms with Crippen molar-refractivity contribution >= 4 is 11.6 Å². The second-order valence-corrected chi connectivity index (χ2v) is 4.14. The fourth-order valence-corrected chi connectivity index (χ4v) is 1.65. The highest BCUT2D eigenvalue weighted by Gasteiger charge is 2.43. The third-order valence-electron chi connectivity index (χ3n) is 2.34. The molecule has 2 nitrogen and oxygen atoms in total. The average molecular weight is 267 g/mol. The van der Waals surface area contributed by atoms with E-state index in [-0.39, 0.29) is 23.3 Å². The molecule has 1 saturated heterocycles. The maximum atomic E-state index is 12.8. The predicted molar refractivity (Wildman–Crippen MR) is 55.9 cm³/mol. The lowest BCUT2D eigenvalue weighted by Crippen LogP contribution is -2.25. The number of benzene rings is 1. The minimum Gasteiger partial charge on any atom is -0.371 e. The van der Waals surface area contributed by atoms with Gasteiger partial charge in [0.25, 0.3) is 0 Å². The van der Waals surface area contributed by atoms with Gasteiger partial charge in [0.2, 0.25) is 0 Å². The Labute approximate surface area is 101 Å². The van der Waals surface area contributed by atoms with Crippen molar-refractivity contribution in [3.63, 3.8) is 0 Å². The quantitative estimate of drug-likeness (QED) is 0.780. The SMILES string of the molecule is FC(F)(F)[C@H](OC[C@@H]1CO1)c1ccccc1Cl. The van der Waals surface area contributed by atoms with Crippen LogP contribution in [0.2, 0.25) is 5.02 Å². The molecule has 0 radical (unpaired) electrons. The van der Waals surface area contributed by atoms with Gasteiger partial charge in [-0.25, -0.2) is 0 Å². The Morgan fingerprint density at radius 1 is 1.41 bits per heavy atom. The van der Waals surface area contributed by atoms with Crippen molar-refractivity contribution in [1.82, 2.24) is 0 Å². The summed E-state index contributed by atoms with van der Waals surface area (Å²) in [6.07, 6.45) is -6.71. The molecule has 2 rings (SSSR count). The summed E-state index contributed by atoms with van der Waals surface area (Å²) in [7, 11) is 0. The van der Waals surface area contributed by atoms with Gasteiger partial charge in [0, 0.05) is 10.6 Å². The largest absolute Gasteiger partial charge is 0.418 e. The molecule has 2 atom stereocenters. The molecule has 1 heterocycles. The maximum absolute atomic E-state index is 12.8. The van der Waals surface area contributed by atoms with Crippen LogP contribution in [0.1, 0.15) is 11.7 Å². The summed E-state index contributed by atoms with van der Waals surface area (Å²) in [6.45, 7) is 0.377. The highest BCUT2D eigenvalue weighted by molar-refractivity contribution is 6.31. The minimum absolute atomic E-state index is 0.0477. The molecule has 94 valence electrons. The van der Waals surface area contributed by atoms with Crippen molar-refractivity contribution in [3.05, 3.63) is 34.9 Å². The van der Waals surface area contributed by atoms with Crippen molar-refractivity contribution < 1.29 is 22.6 Å². The van der Waals surface area contributed by atoms with Crippen LogP contribution in [0.15, 0.2) is 24.3 Å². The van der Waals surface area contributed by atoms with Crippen LogP contribution in [0, 0.1) is 0 Å².